The van der Waals surface area contributed by atoms with Crippen molar-refractivity contribution in [3.8, 4) is 0 Å². The third kappa shape index (κ3) is 7.12. The molecule has 1 aliphatic rings. The van der Waals surface area contributed by atoms with Crippen LogP contribution in [0, 0.1) is 0 Å². The summed E-state index contributed by atoms with van der Waals surface area (Å²) in [4.78, 5) is 11.9. The van der Waals surface area contributed by atoms with Crippen LogP contribution in [0.5, 0.6) is 0 Å². The molecule has 2 aromatic carbocycles. The summed E-state index contributed by atoms with van der Waals surface area (Å²) in [5.74, 6) is 0. The summed E-state index contributed by atoms with van der Waals surface area (Å²) >= 11 is 0. The van der Waals surface area contributed by atoms with Crippen LogP contribution in [0.25, 0.3) is 0 Å². The molecule has 0 saturated carbocycles. The molecule has 152 valence electrons. The fourth-order valence-electron chi connectivity index (χ4n) is 2.83. The zero-order valence-electron chi connectivity index (χ0n) is 17.1. The van der Waals surface area contributed by atoms with Gasteiger partial charge >= 0.3 is 0 Å². The van der Waals surface area contributed by atoms with Crippen LogP contribution >= 0.6 is 0 Å². The lowest BCUT2D eigenvalue weighted by Gasteiger charge is -2.31. The van der Waals surface area contributed by atoms with Gasteiger partial charge < -0.3 is 26.0 Å². The summed E-state index contributed by atoms with van der Waals surface area (Å²) in [6.07, 6.45) is 0. The third-order valence-electron chi connectivity index (χ3n) is 4.27. The van der Waals surface area contributed by atoms with Crippen molar-refractivity contribution in [3.05, 3.63) is 54.1 Å². The average Bonchev–Trinajstić information content (AvgIpc) is 2.68. The summed E-state index contributed by atoms with van der Waals surface area (Å²) < 4.78 is 4.55. The van der Waals surface area contributed by atoms with Crippen LogP contribution in [0.15, 0.2) is 48.5 Å². The Balaban J connectivity index is 0.000000345. The number of para-hydroxylation sites is 1. The van der Waals surface area contributed by atoms with Crippen molar-refractivity contribution < 1.29 is 9.53 Å². The maximum absolute atomic E-state index is 9.60. The molecule has 28 heavy (non-hydrogen) atoms. The van der Waals surface area contributed by atoms with Crippen molar-refractivity contribution in [3.63, 3.8) is 0 Å². The minimum atomic E-state index is -0.318. The molecule has 6 nitrogen and oxygen atoms in total. The Morgan fingerprint density at radius 3 is 2.36 bits per heavy atom. The SMILES string of the molecule is CC(C)(C)OC=O.Nc1c(NCc2ccccc2)cccc1N1CCNCC1. The first-order valence-electron chi connectivity index (χ1n) is 9.64. The molecule has 0 aromatic heterocycles. The highest BCUT2D eigenvalue weighted by Crippen LogP contribution is 2.30. The average molecular weight is 385 g/mol. The smallest absolute Gasteiger partial charge is 0.293 e. The molecule has 2 aromatic rings. The monoisotopic (exact) mass is 384 g/mol. The number of benzene rings is 2. The van der Waals surface area contributed by atoms with Gasteiger partial charge in [-0.1, -0.05) is 36.4 Å². The Hall–Kier alpha value is -2.73. The molecule has 0 bridgehead atoms. The van der Waals surface area contributed by atoms with E-state index in [2.05, 4.69) is 56.7 Å². The Kier molecular flexibility index (Phi) is 8.14. The molecule has 1 heterocycles. The second-order valence-corrected chi connectivity index (χ2v) is 7.64. The van der Waals surface area contributed by atoms with E-state index in [0.29, 0.717) is 6.47 Å². The molecule has 0 spiro atoms. The van der Waals surface area contributed by atoms with Crippen molar-refractivity contribution in [1.29, 1.82) is 0 Å². The molecular formula is C22H32N4O2. The fraction of sp³-hybridized carbons (Fsp3) is 0.409. The van der Waals surface area contributed by atoms with E-state index in [4.69, 9.17) is 5.73 Å². The maximum atomic E-state index is 9.60. The van der Waals surface area contributed by atoms with Crippen LogP contribution in [0.4, 0.5) is 17.1 Å². The second kappa shape index (κ2) is 10.6. The van der Waals surface area contributed by atoms with Crippen LogP contribution in [0.1, 0.15) is 26.3 Å². The number of rotatable bonds is 5. The fourth-order valence-corrected chi connectivity index (χ4v) is 2.83. The van der Waals surface area contributed by atoms with Crippen LogP contribution in [0.2, 0.25) is 0 Å². The number of ether oxygens (including phenoxy) is 1. The topological polar surface area (TPSA) is 79.6 Å². The Labute approximate surface area is 168 Å². The largest absolute Gasteiger partial charge is 0.462 e. The van der Waals surface area contributed by atoms with E-state index in [-0.39, 0.29) is 5.60 Å². The van der Waals surface area contributed by atoms with Gasteiger partial charge in [-0.2, -0.15) is 0 Å². The number of nitrogens with two attached hydrogens (primary N) is 1. The van der Waals surface area contributed by atoms with Crippen molar-refractivity contribution in [2.75, 3.05) is 42.1 Å². The van der Waals surface area contributed by atoms with Crippen molar-refractivity contribution in [2.45, 2.75) is 32.9 Å². The van der Waals surface area contributed by atoms with Gasteiger partial charge in [0.15, 0.2) is 0 Å². The molecular weight excluding hydrogens is 352 g/mol. The van der Waals surface area contributed by atoms with E-state index in [0.717, 1.165) is 49.8 Å². The molecule has 0 aliphatic carbocycles. The van der Waals surface area contributed by atoms with E-state index >= 15 is 0 Å². The summed E-state index contributed by atoms with van der Waals surface area (Å²) in [5, 5.41) is 6.81. The number of carbonyl (C=O) groups is 1. The van der Waals surface area contributed by atoms with E-state index < -0.39 is 0 Å². The van der Waals surface area contributed by atoms with Gasteiger partial charge in [-0.3, -0.25) is 4.79 Å². The summed E-state index contributed by atoms with van der Waals surface area (Å²) in [6.45, 7) is 10.8. The number of nitrogens with one attached hydrogen (secondary N) is 2. The molecule has 0 amide bonds. The van der Waals surface area contributed by atoms with Crippen LogP contribution in [0.3, 0.4) is 0 Å². The lowest BCUT2D eigenvalue weighted by atomic mass is 10.1. The standard InChI is InChI=1S/C17H22N4.C5H10O2/c18-17-15(20-13-14-5-2-1-3-6-14)7-4-8-16(17)21-11-9-19-10-12-21;1-5(2,3)7-4-6/h1-8,19-20H,9-13,18H2;4H,1-3H3. The molecule has 1 fully saturated rings. The number of carbonyl (C=O) groups excluding carboxylic acids is 1. The molecule has 1 aliphatic heterocycles. The van der Waals surface area contributed by atoms with Crippen molar-refractivity contribution >= 4 is 23.5 Å². The van der Waals surface area contributed by atoms with Gasteiger partial charge in [0.2, 0.25) is 0 Å². The first kappa shape index (κ1) is 21.6. The highest BCUT2D eigenvalue weighted by molar-refractivity contribution is 5.81. The maximum Gasteiger partial charge on any atom is 0.293 e. The van der Waals surface area contributed by atoms with Crippen molar-refractivity contribution in [2.24, 2.45) is 0 Å². The van der Waals surface area contributed by atoms with E-state index in [1.54, 1.807) is 0 Å². The Morgan fingerprint density at radius 2 is 1.79 bits per heavy atom. The predicted molar refractivity (Wildman–Crippen MR) is 117 cm³/mol. The Bertz CT molecular complexity index is 723. The van der Waals surface area contributed by atoms with Crippen LogP contribution in [-0.2, 0) is 16.1 Å². The lowest BCUT2D eigenvalue weighted by Crippen LogP contribution is -2.43. The van der Waals surface area contributed by atoms with Crippen LogP contribution < -0.4 is 21.3 Å². The zero-order chi connectivity index (χ0) is 20.4. The molecule has 3 rings (SSSR count). The van der Waals surface area contributed by atoms with Crippen molar-refractivity contribution in [1.82, 2.24) is 5.32 Å². The van der Waals surface area contributed by atoms with Gasteiger partial charge in [0, 0.05) is 32.7 Å². The quantitative estimate of drug-likeness (QED) is 0.542. The molecule has 0 unspecified atom stereocenters. The van der Waals surface area contributed by atoms with Crippen LogP contribution in [-0.4, -0.2) is 38.3 Å². The number of hydrogen-bond donors (Lipinski definition) is 3. The van der Waals surface area contributed by atoms with Gasteiger partial charge in [-0.05, 0) is 38.5 Å². The summed E-state index contributed by atoms with van der Waals surface area (Å²) in [5.41, 5.74) is 10.3. The number of nitrogens with zero attached hydrogens (tertiary/aromatic N) is 1. The minimum Gasteiger partial charge on any atom is -0.462 e. The number of hydrogen-bond acceptors (Lipinski definition) is 6. The highest BCUT2D eigenvalue weighted by Gasteiger charge is 2.14. The molecule has 1 saturated heterocycles. The molecule has 4 N–H and O–H groups in total. The van der Waals surface area contributed by atoms with Gasteiger partial charge in [0.05, 0.1) is 17.1 Å². The number of piperazine rings is 1. The lowest BCUT2D eigenvalue weighted by molar-refractivity contribution is -0.138. The molecule has 0 atom stereocenters. The first-order chi connectivity index (χ1) is 13.4. The third-order valence-corrected chi connectivity index (χ3v) is 4.27. The number of nitrogen functional groups attached to an aromatic ring is 1. The highest BCUT2D eigenvalue weighted by atomic mass is 16.5. The van der Waals surface area contributed by atoms with E-state index in [9.17, 15) is 4.79 Å². The van der Waals surface area contributed by atoms with Gasteiger partial charge in [-0.25, -0.2) is 0 Å². The predicted octanol–water partition coefficient (Wildman–Crippen LogP) is 3.25. The van der Waals surface area contributed by atoms with Gasteiger partial charge in [0.25, 0.3) is 6.47 Å². The van der Waals surface area contributed by atoms with Gasteiger partial charge in [0.1, 0.15) is 5.60 Å². The van der Waals surface area contributed by atoms with Gasteiger partial charge in [-0.15, -0.1) is 0 Å². The normalized spacial score (nSPS) is 13.9. The summed E-state index contributed by atoms with van der Waals surface area (Å²) in [6, 6.07) is 16.6. The second-order valence-electron chi connectivity index (χ2n) is 7.64. The van der Waals surface area contributed by atoms with E-state index in [1.165, 1.54) is 5.56 Å². The first-order valence-corrected chi connectivity index (χ1v) is 9.64. The Morgan fingerprint density at radius 1 is 1.11 bits per heavy atom. The minimum absolute atomic E-state index is 0.318. The molecule has 0 radical (unpaired) electrons. The number of anilines is 3. The zero-order valence-corrected chi connectivity index (χ0v) is 17.1. The molecule has 6 heteroatoms. The summed E-state index contributed by atoms with van der Waals surface area (Å²) in [7, 11) is 0. The van der Waals surface area contributed by atoms with E-state index in [1.807, 2.05) is 32.9 Å².